The highest BCUT2D eigenvalue weighted by Gasteiger charge is 2.23. The number of hydrogen-bond donors (Lipinski definition) is 4. The number of aromatic amines is 1. The maximum absolute atomic E-state index is 11.8. The number of aromatic carboxylic acids is 1. The van der Waals surface area contributed by atoms with Crippen LogP contribution in [0.15, 0.2) is 27.9 Å². The minimum Gasteiger partial charge on any atom is -0.476 e. The van der Waals surface area contributed by atoms with Gasteiger partial charge < -0.3 is 10.8 Å². The summed E-state index contributed by atoms with van der Waals surface area (Å²) in [4.78, 5) is 22.4. The van der Waals surface area contributed by atoms with Crippen molar-refractivity contribution in [3.8, 4) is 0 Å². The third-order valence-electron chi connectivity index (χ3n) is 2.84. The van der Waals surface area contributed by atoms with Gasteiger partial charge in [-0.05, 0) is 12.5 Å². The predicted molar refractivity (Wildman–Crippen MR) is 68.8 cm³/mol. The molecule has 0 aliphatic heterocycles. The molecule has 1 aromatic heterocycles. The number of nitrogens with one attached hydrogen (secondary N) is 1. The molecule has 0 bridgehead atoms. The van der Waals surface area contributed by atoms with Crippen molar-refractivity contribution in [1.82, 2.24) is 9.78 Å². The van der Waals surface area contributed by atoms with Gasteiger partial charge in [0.15, 0.2) is 5.69 Å². The van der Waals surface area contributed by atoms with E-state index in [-0.39, 0.29) is 11.3 Å². The lowest BCUT2D eigenvalue weighted by atomic mass is 10.1. The SMILES string of the molecule is Nc1c(C(=O)O)[nH]n(C2C=CC(S(=O)(=O)O)=CC2)c1=O. The third kappa shape index (κ3) is 2.38. The average Bonchev–Trinajstić information content (AvgIpc) is 2.66. The Morgan fingerprint density at radius 3 is 2.55 bits per heavy atom. The quantitative estimate of drug-likeness (QED) is 0.560. The molecule has 9 nitrogen and oxygen atoms in total. The van der Waals surface area contributed by atoms with E-state index < -0.39 is 39.1 Å². The highest BCUT2D eigenvalue weighted by Crippen LogP contribution is 2.22. The van der Waals surface area contributed by atoms with Crippen LogP contribution in [0.2, 0.25) is 0 Å². The summed E-state index contributed by atoms with van der Waals surface area (Å²) >= 11 is 0. The van der Waals surface area contributed by atoms with Gasteiger partial charge >= 0.3 is 5.97 Å². The number of aromatic nitrogens is 2. The molecule has 108 valence electrons. The lowest BCUT2D eigenvalue weighted by molar-refractivity contribution is 0.0690. The van der Waals surface area contributed by atoms with E-state index >= 15 is 0 Å². The highest BCUT2D eigenvalue weighted by molar-refractivity contribution is 7.90. The van der Waals surface area contributed by atoms with Crippen molar-refractivity contribution in [2.75, 3.05) is 5.73 Å². The minimum atomic E-state index is -4.30. The van der Waals surface area contributed by atoms with E-state index in [1.54, 1.807) is 0 Å². The molecule has 1 aromatic rings. The number of nitrogen functional groups attached to an aromatic ring is 1. The zero-order chi connectivity index (χ0) is 15.1. The fraction of sp³-hybridized carbons (Fsp3) is 0.200. The van der Waals surface area contributed by atoms with Gasteiger partial charge in [0, 0.05) is 0 Å². The van der Waals surface area contributed by atoms with E-state index in [0.717, 1.165) is 10.8 Å². The van der Waals surface area contributed by atoms with Crippen molar-refractivity contribution >= 4 is 21.8 Å². The zero-order valence-corrected chi connectivity index (χ0v) is 10.8. The summed E-state index contributed by atoms with van der Waals surface area (Å²) in [5, 5.41) is 11.2. The molecule has 0 spiro atoms. The summed E-state index contributed by atoms with van der Waals surface area (Å²) < 4.78 is 31.7. The van der Waals surface area contributed by atoms with Crippen LogP contribution in [-0.2, 0) is 10.1 Å². The van der Waals surface area contributed by atoms with Gasteiger partial charge in [-0.3, -0.25) is 14.4 Å². The van der Waals surface area contributed by atoms with Crippen molar-refractivity contribution in [2.24, 2.45) is 0 Å². The van der Waals surface area contributed by atoms with Gasteiger partial charge in [-0.2, -0.15) is 8.42 Å². The van der Waals surface area contributed by atoms with Crippen LogP contribution < -0.4 is 11.3 Å². The molecule has 0 aromatic carbocycles. The van der Waals surface area contributed by atoms with Crippen LogP contribution in [0.3, 0.4) is 0 Å². The number of anilines is 1. The Labute approximate surface area is 112 Å². The molecule has 1 aliphatic carbocycles. The second-order valence-corrected chi connectivity index (χ2v) is 5.55. The molecule has 0 saturated heterocycles. The summed E-state index contributed by atoms with van der Waals surface area (Å²) in [7, 11) is -4.30. The van der Waals surface area contributed by atoms with E-state index in [9.17, 15) is 18.0 Å². The Kier molecular flexibility index (Phi) is 3.28. The second-order valence-electron chi connectivity index (χ2n) is 4.12. The number of nitrogens with two attached hydrogens (primary N) is 1. The lowest BCUT2D eigenvalue weighted by Gasteiger charge is -2.15. The molecule has 1 heterocycles. The molecule has 5 N–H and O–H groups in total. The number of hydrogen-bond acceptors (Lipinski definition) is 5. The predicted octanol–water partition coefficient (Wildman–Crippen LogP) is -0.271. The monoisotopic (exact) mass is 301 g/mol. The molecule has 2 rings (SSSR count). The van der Waals surface area contributed by atoms with Gasteiger partial charge in [0.1, 0.15) is 5.69 Å². The van der Waals surface area contributed by atoms with Crippen LogP contribution in [0.5, 0.6) is 0 Å². The summed E-state index contributed by atoms with van der Waals surface area (Å²) in [5.41, 5.74) is 3.84. The van der Waals surface area contributed by atoms with Gasteiger partial charge in [-0.1, -0.05) is 12.2 Å². The van der Waals surface area contributed by atoms with E-state index in [2.05, 4.69) is 5.10 Å². The molecule has 1 atom stereocenters. The second kappa shape index (κ2) is 4.65. The Balaban J connectivity index is 2.36. The highest BCUT2D eigenvalue weighted by atomic mass is 32.2. The maximum atomic E-state index is 11.8. The fourth-order valence-corrected chi connectivity index (χ4v) is 2.39. The Hall–Kier alpha value is -2.33. The van der Waals surface area contributed by atoms with Gasteiger partial charge in [0.25, 0.3) is 15.7 Å². The molecular weight excluding hydrogens is 290 g/mol. The van der Waals surface area contributed by atoms with Crippen LogP contribution in [0.4, 0.5) is 5.69 Å². The van der Waals surface area contributed by atoms with E-state index in [0.29, 0.717) is 0 Å². The summed E-state index contributed by atoms with van der Waals surface area (Å²) in [6, 6.07) is -0.608. The van der Waals surface area contributed by atoms with Crippen LogP contribution in [-0.4, -0.2) is 33.8 Å². The van der Waals surface area contributed by atoms with Crippen LogP contribution >= 0.6 is 0 Å². The molecule has 1 unspecified atom stereocenters. The van der Waals surface area contributed by atoms with Gasteiger partial charge in [0.05, 0.1) is 10.9 Å². The number of carboxylic acid groups (broad SMARTS) is 1. The van der Waals surface area contributed by atoms with Crippen LogP contribution in [0, 0.1) is 0 Å². The summed E-state index contributed by atoms with van der Waals surface area (Å²) in [5.74, 6) is -1.37. The van der Waals surface area contributed by atoms with Crippen molar-refractivity contribution in [1.29, 1.82) is 0 Å². The first-order valence-electron chi connectivity index (χ1n) is 5.41. The Morgan fingerprint density at radius 2 is 2.15 bits per heavy atom. The molecule has 0 saturated carbocycles. The summed E-state index contributed by atoms with van der Waals surface area (Å²) in [6.07, 6.45) is 3.80. The number of rotatable bonds is 3. The molecule has 10 heteroatoms. The molecule has 0 amide bonds. The number of nitrogens with zero attached hydrogens (tertiary/aromatic N) is 1. The fourth-order valence-electron chi connectivity index (χ4n) is 1.84. The molecule has 20 heavy (non-hydrogen) atoms. The van der Waals surface area contributed by atoms with Gasteiger partial charge in [0.2, 0.25) is 0 Å². The normalized spacial score (nSPS) is 18.9. The van der Waals surface area contributed by atoms with Crippen LogP contribution in [0.25, 0.3) is 0 Å². The molecule has 1 aliphatic rings. The van der Waals surface area contributed by atoms with Crippen molar-refractivity contribution in [3.63, 3.8) is 0 Å². The first-order chi connectivity index (χ1) is 9.21. The number of H-pyrrole nitrogens is 1. The van der Waals surface area contributed by atoms with Crippen molar-refractivity contribution < 1.29 is 22.9 Å². The average molecular weight is 301 g/mol. The number of allylic oxidation sites excluding steroid dienone is 3. The third-order valence-corrected chi connectivity index (χ3v) is 3.74. The van der Waals surface area contributed by atoms with E-state index in [4.69, 9.17) is 15.4 Å². The number of carboxylic acids is 1. The zero-order valence-electron chi connectivity index (χ0n) is 9.98. The molecule has 0 fully saturated rings. The van der Waals surface area contributed by atoms with Crippen molar-refractivity contribution in [2.45, 2.75) is 12.5 Å². The van der Waals surface area contributed by atoms with Gasteiger partial charge in [-0.25, -0.2) is 9.48 Å². The first-order valence-corrected chi connectivity index (χ1v) is 6.85. The van der Waals surface area contributed by atoms with Crippen molar-refractivity contribution in [3.05, 3.63) is 39.2 Å². The van der Waals surface area contributed by atoms with Gasteiger partial charge in [-0.15, -0.1) is 0 Å². The summed E-state index contributed by atoms with van der Waals surface area (Å²) in [6.45, 7) is 0. The van der Waals surface area contributed by atoms with Crippen LogP contribution in [0.1, 0.15) is 23.0 Å². The largest absolute Gasteiger partial charge is 0.476 e. The molecular formula is C10H11N3O6S. The first kappa shape index (κ1) is 14.1. The van der Waals surface area contributed by atoms with E-state index in [1.165, 1.54) is 12.2 Å². The lowest BCUT2D eigenvalue weighted by Crippen LogP contribution is -2.23. The molecule has 0 radical (unpaired) electrons. The standard InChI is InChI=1S/C10H11N3O6S/c11-7-8(10(15)16)12-13(9(7)14)5-1-3-6(4-2-5)20(17,18)19/h1,3-5,12H,2,11H2,(H,15,16)(H,17,18,19). The Morgan fingerprint density at radius 1 is 1.50 bits per heavy atom. The Bertz CT molecular complexity index is 782. The topological polar surface area (TPSA) is 155 Å². The van der Waals surface area contributed by atoms with E-state index in [1.807, 2.05) is 0 Å². The smallest absolute Gasteiger partial charge is 0.356 e. The maximum Gasteiger partial charge on any atom is 0.356 e. The minimum absolute atomic E-state index is 0.0878. The number of carbonyl (C=O) groups is 1.